The largest absolute Gasteiger partial charge is 0.348 e. The molecule has 0 aromatic heterocycles. The molecule has 0 radical (unpaired) electrons. The smallest absolute Gasteiger partial charge is 0.236 e. The van der Waals surface area contributed by atoms with Crippen molar-refractivity contribution in [3.63, 3.8) is 0 Å². The monoisotopic (exact) mass is 295 g/mol. The Morgan fingerprint density at radius 1 is 1.10 bits per heavy atom. The standard InChI is InChI=1S/C17H33N3O/c1-14-4-6-15(7-5-14)12-18-16-8-10-20(11-9-16)13-17(21)19(2)3/h14-16,18H,4-13H2,1-3H3. The van der Waals surface area contributed by atoms with E-state index in [0.717, 1.165) is 24.9 Å². The first-order valence-electron chi connectivity index (χ1n) is 8.70. The van der Waals surface area contributed by atoms with Crippen LogP contribution in [0.4, 0.5) is 0 Å². The van der Waals surface area contributed by atoms with E-state index in [4.69, 9.17) is 0 Å². The van der Waals surface area contributed by atoms with Crippen LogP contribution in [0.3, 0.4) is 0 Å². The number of carbonyl (C=O) groups excluding carboxylic acids is 1. The minimum absolute atomic E-state index is 0.220. The molecule has 122 valence electrons. The van der Waals surface area contributed by atoms with Gasteiger partial charge in [0.2, 0.25) is 5.91 Å². The van der Waals surface area contributed by atoms with E-state index in [1.165, 1.54) is 45.1 Å². The van der Waals surface area contributed by atoms with Crippen molar-refractivity contribution in [2.45, 2.75) is 51.5 Å². The molecule has 0 atom stereocenters. The molecule has 1 heterocycles. The average Bonchev–Trinajstić information content (AvgIpc) is 2.48. The van der Waals surface area contributed by atoms with Gasteiger partial charge < -0.3 is 10.2 Å². The Hall–Kier alpha value is -0.610. The molecule has 1 N–H and O–H groups in total. The van der Waals surface area contributed by atoms with Crippen molar-refractivity contribution in [3.05, 3.63) is 0 Å². The predicted octanol–water partition coefficient (Wildman–Crippen LogP) is 1.95. The maximum atomic E-state index is 11.7. The number of hydrogen-bond acceptors (Lipinski definition) is 3. The Bertz CT molecular complexity index is 316. The lowest BCUT2D eigenvalue weighted by atomic mass is 9.83. The summed E-state index contributed by atoms with van der Waals surface area (Å²) < 4.78 is 0. The van der Waals surface area contributed by atoms with Crippen LogP contribution >= 0.6 is 0 Å². The molecule has 4 heteroatoms. The summed E-state index contributed by atoms with van der Waals surface area (Å²) >= 11 is 0. The maximum absolute atomic E-state index is 11.7. The number of carbonyl (C=O) groups is 1. The van der Waals surface area contributed by atoms with Gasteiger partial charge in [0.15, 0.2) is 0 Å². The minimum atomic E-state index is 0.220. The van der Waals surface area contributed by atoms with Gasteiger partial charge in [0.25, 0.3) is 0 Å². The SMILES string of the molecule is CC1CCC(CNC2CCN(CC(=O)N(C)C)CC2)CC1. The van der Waals surface area contributed by atoms with Crippen molar-refractivity contribution in [1.82, 2.24) is 15.1 Å². The third kappa shape index (κ3) is 5.59. The lowest BCUT2D eigenvalue weighted by Crippen LogP contribution is -2.46. The van der Waals surface area contributed by atoms with Crippen molar-refractivity contribution in [2.75, 3.05) is 40.3 Å². The molecule has 0 unspecified atom stereocenters. The Morgan fingerprint density at radius 3 is 2.29 bits per heavy atom. The van der Waals surface area contributed by atoms with Crippen molar-refractivity contribution < 1.29 is 4.79 Å². The van der Waals surface area contributed by atoms with Gasteiger partial charge in [-0.2, -0.15) is 0 Å². The number of likely N-dealkylation sites (tertiary alicyclic amines) is 1. The van der Waals surface area contributed by atoms with Crippen LogP contribution in [0.5, 0.6) is 0 Å². The fraction of sp³-hybridized carbons (Fsp3) is 0.941. The van der Waals surface area contributed by atoms with E-state index in [9.17, 15) is 4.79 Å². The van der Waals surface area contributed by atoms with E-state index in [1.54, 1.807) is 4.90 Å². The van der Waals surface area contributed by atoms with Crippen molar-refractivity contribution in [2.24, 2.45) is 11.8 Å². The fourth-order valence-electron chi connectivity index (χ4n) is 3.49. The molecule has 1 saturated heterocycles. The van der Waals surface area contributed by atoms with Crippen LogP contribution < -0.4 is 5.32 Å². The molecule has 1 amide bonds. The molecule has 2 aliphatic rings. The second kappa shape index (κ2) is 8.14. The van der Waals surface area contributed by atoms with Gasteiger partial charge in [-0.15, -0.1) is 0 Å². The average molecular weight is 295 g/mol. The topological polar surface area (TPSA) is 35.6 Å². The zero-order valence-corrected chi connectivity index (χ0v) is 14.1. The van der Waals surface area contributed by atoms with Crippen molar-refractivity contribution in [3.8, 4) is 0 Å². The van der Waals surface area contributed by atoms with Crippen LogP contribution in [0, 0.1) is 11.8 Å². The summed E-state index contributed by atoms with van der Waals surface area (Å²) in [6, 6.07) is 0.662. The highest BCUT2D eigenvalue weighted by atomic mass is 16.2. The number of likely N-dealkylation sites (N-methyl/N-ethyl adjacent to an activating group) is 1. The van der Waals surface area contributed by atoms with Crippen LogP contribution in [0.15, 0.2) is 0 Å². The fourth-order valence-corrected chi connectivity index (χ4v) is 3.49. The van der Waals surface area contributed by atoms with Gasteiger partial charge in [-0.25, -0.2) is 0 Å². The second-order valence-corrected chi connectivity index (χ2v) is 7.37. The minimum Gasteiger partial charge on any atom is -0.348 e. The summed E-state index contributed by atoms with van der Waals surface area (Å²) in [5, 5.41) is 3.78. The third-order valence-corrected chi connectivity index (χ3v) is 5.28. The Labute approximate surface area is 130 Å². The summed E-state index contributed by atoms with van der Waals surface area (Å²) in [4.78, 5) is 15.7. The number of nitrogens with one attached hydrogen (secondary N) is 1. The van der Waals surface area contributed by atoms with Gasteiger partial charge in [0, 0.05) is 33.2 Å². The summed E-state index contributed by atoms with van der Waals surface area (Å²) in [6.45, 7) is 6.28. The van der Waals surface area contributed by atoms with Gasteiger partial charge in [0.1, 0.15) is 0 Å². The Kier molecular flexibility index (Phi) is 6.49. The molecule has 2 fully saturated rings. The number of nitrogens with zero attached hydrogens (tertiary/aromatic N) is 2. The van der Waals surface area contributed by atoms with E-state index in [2.05, 4.69) is 17.1 Å². The van der Waals surface area contributed by atoms with E-state index < -0.39 is 0 Å². The first-order valence-corrected chi connectivity index (χ1v) is 8.70. The lowest BCUT2D eigenvalue weighted by molar-refractivity contribution is -0.130. The summed E-state index contributed by atoms with van der Waals surface area (Å²) in [5.74, 6) is 2.06. The molecular weight excluding hydrogens is 262 g/mol. The molecule has 1 aliphatic carbocycles. The first kappa shape index (κ1) is 16.8. The molecule has 2 rings (SSSR count). The van der Waals surface area contributed by atoms with E-state index in [0.29, 0.717) is 12.6 Å². The molecular formula is C17H33N3O. The van der Waals surface area contributed by atoms with Gasteiger partial charge >= 0.3 is 0 Å². The van der Waals surface area contributed by atoms with Crippen molar-refractivity contribution >= 4 is 5.91 Å². The first-order chi connectivity index (χ1) is 10.0. The molecule has 4 nitrogen and oxygen atoms in total. The molecule has 1 aliphatic heterocycles. The van der Waals surface area contributed by atoms with Crippen LogP contribution in [0.2, 0.25) is 0 Å². The van der Waals surface area contributed by atoms with Gasteiger partial charge in [-0.1, -0.05) is 19.8 Å². The van der Waals surface area contributed by atoms with E-state index in [1.807, 2.05) is 14.1 Å². The number of piperidine rings is 1. The zero-order chi connectivity index (χ0) is 15.2. The highest BCUT2D eigenvalue weighted by Gasteiger charge is 2.23. The third-order valence-electron chi connectivity index (χ3n) is 5.28. The quantitative estimate of drug-likeness (QED) is 0.842. The normalized spacial score (nSPS) is 28.5. The number of rotatable bonds is 5. The van der Waals surface area contributed by atoms with Crippen LogP contribution in [0.25, 0.3) is 0 Å². The summed E-state index contributed by atoms with van der Waals surface area (Å²) in [6.07, 6.45) is 8.01. The highest BCUT2D eigenvalue weighted by molar-refractivity contribution is 5.77. The number of amides is 1. The lowest BCUT2D eigenvalue weighted by Gasteiger charge is -2.34. The van der Waals surface area contributed by atoms with Gasteiger partial charge in [-0.3, -0.25) is 9.69 Å². The van der Waals surface area contributed by atoms with Gasteiger partial charge in [-0.05, 0) is 44.1 Å². The molecule has 0 aromatic rings. The maximum Gasteiger partial charge on any atom is 0.236 e. The van der Waals surface area contributed by atoms with Crippen LogP contribution in [-0.4, -0.2) is 62.0 Å². The molecule has 0 spiro atoms. The Balaban J connectivity index is 1.60. The van der Waals surface area contributed by atoms with Crippen LogP contribution in [0.1, 0.15) is 45.4 Å². The highest BCUT2D eigenvalue weighted by Crippen LogP contribution is 2.27. The second-order valence-electron chi connectivity index (χ2n) is 7.37. The molecule has 21 heavy (non-hydrogen) atoms. The Morgan fingerprint density at radius 2 is 1.71 bits per heavy atom. The number of hydrogen-bond donors (Lipinski definition) is 1. The van der Waals surface area contributed by atoms with Crippen molar-refractivity contribution in [1.29, 1.82) is 0 Å². The summed E-state index contributed by atoms with van der Waals surface area (Å²) in [7, 11) is 3.67. The molecule has 0 bridgehead atoms. The predicted molar refractivity (Wildman–Crippen MR) is 87.3 cm³/mol. The van der Waals surface area contributed by atoms with E-state index in [-0.39, 0.29) is 5.91 Å². The molecule has 0 aromatic carbocycles. The van der Waals surface area contributed by atoms with Crippen LogP contribution in [-0.2, 0) is 4.79 Å². The van der Waals surface area contributed by atoms with Gasteiger partial charge in [0.05, 0.1) is 6.54 Å². The summed E-state index contributed by atoms with van der Waals surface area (Å²) in [5.41, 5.74) is 0. The van der Waals surface area contributed by atoms with E-state index >= 15 is 0 Å². The zero-order valence-electron chi connectivity index (χ0n) is 14.1. The molecule has 1 saturated carbocycles.